The molecule has 1 aromatic carbocycles. The highest BCUT2D eigenvalue weighted by Gasteiger charge is 2.24. The minimum absolute atomic E-state index is 0.403. The third-order valence-corrected chi connectivity index (χ3v) is 3.15. The second kappa shape index (κ2) is 5.40. The number of imide groups is 1. The predicted octanol–water partition coefficient (Wildman–Crippen LogP) is 2.30. The first-order valence-electron chi connectivity index (χ1n) is 5.94. The number of aryl methyl sites for hydroxylation is 1. The second-order valence-corrected chi connectivity index (χ2v) is 4.95. The maximum absolute atomic E-state index is 12.0. The van der Waals surface area contributed by atoms with Crippen molar-refractivity contribution in [1.29, 1.82) is 0 Å². The number of alkyl halides is 1. The number of para-hydroxylation sites is 1. The third-order valence-electron chi connectivity index (χ3n) is 2.95. The summed E-state index contributed by atoms with van der Waals surface area (Å²) in [5.41, 5.74) is 2.00. The zero-order valence-corrected chi connectivity index (χ0v) is 10.9. The predicted molar refractivity (Wildman–Crippen MR) is 71.0 cm³/mol. The summed E-state index contributed by atoms with van der Waals surface area (Å²) in [6.07, 6.45) is 1.86. The Labute approximate surface area is 111 Å². The first kappa shape index (κ1) is 12.9. The number of hydrogen-bond donors (Lipinski definition) is 1. The van der Waals surface area contributed by atoms with Crippen molar-refractivity contribution in [1.82, 2.24) is 5.32 Å². The van der Waals surface area contributed by atoms with E-state index in [1.807, 2.05) is 24.3 Å². The molecule has 0 bridgehead atoms. The van der Waals surface area contributed by atoms with Crippen LogP contribution in [0.15, 0.2) is 24.3 Å². The number of benzene rings is 1. The van der Waals surface area contributed by atoms with E-state index < -0.39 is 17.3 Å². The number of urea groups is 1. The number of hydrogen-bond acceptors (Lipinski definition) is 2. The summed E-state index contributed by atoms with van der Waals surface area (Å²) in [6, 6.07) is 7.33. The van der Waals surface area contributed by atoms with Gasteiger partial charge < -0.3 is 0 Å². The Kier molecular flexibility index (Phi) is 3.87. The third kappa shape index (κ3) is 2.64. The van der Waals surface area contributed by atoms with Crippen LogP contribution in [0, 0.1) is 0 Å². The standard InChI is InChI=1S/C13H15ClN2O2/c1-9(14)12(17)15-13(18)16-8-4-6-10-5-2-3-7-11(10)16/h2-3,5,7,9H,4,6,8H2,1H3,(H,15,17,18). The lowest BCUT2D eigenvalue weighted by molar-refractivity contribution is -0.119. The highest BCUT2D eigenvalue weighted by atomic mass is 35.5. The zero-order valence-electron chi connectivity index (χ0n) is 10.1. The Bertz CT molecular complexity index is 474. The van der Waals surface area contributed by atoms with E-state index in [9.17, 15) is 9.59 Å². The van der Waals surface area contributed by atoms with Gasteiger partial charge in [-0.05, 0) is 31.4 Å². The number of nitrogens with one attached hydrogen (secondary N) is 1. The van der Waals surface area contributed by atoms with Crippen molar-refractivity contribution in [3.05, 3.63) is 29.8 Å². The maximum Gasteiger partial charge on any atom is 0.328 e. The van der Waals surface area contributed by atoms with E-state index in [0.29, 0.717) is 6.54 Å². The van der Waals surface area contributed by atoms with Crippen LogP contribution >= 0.6 is 11.6 Å². The van der Waals surface area contributed by atoms with Crippen LogP contribution < -0.4 is 10.2 Å². The van der Waals surface area contributed by atoms with Gasteiger partial charge in [-0.25, -0.2) is 4.79 Å². The Hall–Kier alpha value is -1.55. The van der Waals surface area contributed by atoms with Crippen LogP contribution in [-0.4, -0.2) is 23.9 Å². The van der Waals surface area contributed by atoms with E-state index in [0.717, 1.165) is 24.1 Å². The summed E-state index contributed by atoms with van der Waals surface area (Å²) in [7, 11) is 0. The van der Waals surface area contributed by atoms with Gasteiger partial charge in [0.25, 0.3) is 0 Å². The molecule has 1 aliphatic heterocycles. The van der Waals surface area contributed by atoms with E-state index in [4.69, 9.17) is 11.6 Å². The molecule has 1 unspecified atom stereocenters. The molecule has 0 radical (unpaired) electrons. The van der Waals surface area contributed by atoms with Crippen molar-refractivity contribution in [3.63, 3.8) is 0 Å². The van der Waals surface area contributed by atoms with Gasteiger partial charge in [-0.15, -0.1) is 11.6 Å². The molecule has 96 valence electrons. The smallest absolute Gasteiger partial charge is 0.294 e. The molecule has 0 saturated carbocycles. The average molecular weight is 267 g/mol. The normalized spacial score (nSPS) is 15.8. The molecule has 5 heteroatoms. The first-order valence-corrected chi connectivity index (χ1v) is 6.37. The molecule has 0 saturated heterocycles. The molecule has 0 aromatic heterocycles. The number of rotatable bonds is 1. The lowest BCUT2D eigenvalue weighted by atomic mass is 10.0. The summed E-state index contributed by atoms with van der Waals surface area (Å²) < 4.78 is 0. The molecule has 0 spiro atoms. The van der Waals surface area contributed by atoms with Crippen LogP contribution in [-0.2, 0) is 11.2 Å². The second-order valence-electron chi connectivity index (χ2n) is 4.29. The first-order chi connectivity index (χ1) is 8.59. The lowest BCUT2D eigenvalue weighted by Crippen LogP contribution is -2.47. The van der Waals surface area contributed by atoms with Crippen molar-refractivity contribution < 1.29 is 9.59 Å². The fraction of sp³-hybridized carbons (Fsp3) is 0.385. The highest BCUT2D eigenvalue weighted by Crippen LogP contribution is 2.26. The van der Waals surface area contributed by atoms with E-state index in [-0.39, 0.29) is 0 Å². The van der Waals surface area contributed by atoms with Gasteiger partial charge in [0.1, 0.15) is 5.38 Å². The fourth-order valence-corrected chi connectivity index (χ4v) is 2.07. The quantitative estimate of drug-likeness (QED) is 0.793. The Morgan fingerprint density at radius 1 is 1.39 bits per heavy atom. The van der Waals surface area contributed by atoms with E-state index in [1.54, 1.807) is 4.90 Å². The molecule has 0 aliphatic carbocycles. The lowest BCUT2D eigenvalue weighted by Gasteiger charge is -2.29. The summed E-state index contributed by atoms with van der Waals surface area (Å²) >= 11 is 5.63. The number of anilines is 1. The Morgan fingerprint density at radius 3 is 2.83 bits per heavy atom. The molecule has 3 amide bonds. The van der Waals surface area contributed by atoms with Gasteiger partial charge in [-0.1, -0.05) is 18.2 Å². The van der Waals surface area contributed by atoms with Crippen molar-refractivity contribution in [2.75, 3.05) is 11.4 Å². The fourth-order valence-electron chi connectivity index (χ4n) is 2.02. The number of fused-ring (bicyclic) bond motifs is 1. The highest BCUT2D eigenvalue weighted by molar-refractivity contribution is 6.31. The summed E-state index contributed by atoms with van der Waals surface area (Å²) in [5, 5.41) is 1.59. The topological polar surface area (TPSA) is 49.4 Å². The van der Waals surface area contributed by atoms with Gasteiger partial charge in [-0.3, -0.25) is 15.0 Å². The minimum Gasteiger partial charge on any atom is -0.294 e. The number of halogens is 1. The maximum atomic E-state index is 12.0. The van der Waals surface area contributed by atoms with Crippen molar-refractivity contribution in [2.24, 2.45) is 0 Å². The summed E-state index contributed by atoms with van der Waals surface area (Å²) in [4.78, 5) is 25.0. The molecule has 18 heavy (non-hydrogen) atoms. The molecule has 0 fully saturated rings. The number of nitrogens with zero attached hydrogens (tertiary/aromatic N) is 1. The van der Waals surface area contributed by atoms with Gasteiger partial charge in [0.15, 0.2) is 0 Å². The van der Waals surface area contributed by atoms with Crippen molar-refractivity contribution >= 4 is 29.2 Å². The molecule has 1 heterocycles. The van der Waals surface area contributed by atoms with Gasteiger partial charge in [0.2, 0.25) is 5.91 Å². The van der Waals surface area contributed by atoms with Crippen LogP contribution in [0.2, 0.25) is 0 Å². The van der Waals surface area contributed by atoms with Crippen molar-refractivity contribution in [2.45, 2.75) is 25.1 Å². The van der Waals surface area contributed by atoms with Crippen LogP contribution in [0.25, 0.3) is 0 Å². The van der Waals surface area contributed by atoms with E-state index >= 15 is 0 Å². The molecular formula is C13H15ClN2O2. The molecule has 2 rings (SSSR count). The molecule has 1 N–H and O–H groups in total. The molecular weight excluding hydrogens is 252 g/mol. The number of carbonyl (C=O) groups excluding carboxylic acids is 2. The van der Waals surface area contributed by atoms with Gasteiger partial charge >= 0.3 is 6.03 Å². The van der Waals surface area contributed by atoms with Crippen molar-refractivity contribution in [3.8, 4) is 0 Å². The summed E-state index contributed by atoms with van der Waals surface area (Å²) in [5.74, 6) is -0.468. The van der Waals surface area contributed by atoms with Crippen LogP contribution in [0.5, 0.6) is 0 Å². The van der Waals surface area contributed by atoms with Gasteiger partial charge in [0, 0.05) is 12.2 Å². The molecule has 1 atom stereocenters. The van der Waals surface area contributed by atoms with E-state index in [1.165, 1.54) is 6.92 Å². The Morgan fingerprint density at radius 2 is 2.11 bits per heavy atom. The zero-order chi connectivity index (χ0) is 13.1. The van der Waals surface area contributed by atoms with Crippen LogP contribution in [0.3, 0.4) is 0 Å². The van der Waals surface area contributed by atoms with Gasteiger partial charge in [0.05, 0.1) is 0 Å². The van der Waals surface area contributed by atoms with E-state index in [2.05, 4.69) is 5.32 Å². The largest absolute Gasteiger partial charge is 0.328 e. The van der Waals surface area contributed by atoms with Crippen LogP contribution in [0.1, 0.15) is 18.9 Å². The van der Waals surface area contributed by atoms with Gasteiger partial charge in [-0.2, -0.15) is 0 Å². The summed E-state index contributed by atoms with van der Waals surface area (Å²) in [6.45, 7) is 2.15. The number of amides is 3. The monoisotopic (exact) mass is 266 g/mol. The van der Waals surface area contributed by atoms with Crippen LogP contribution in [0.4, 0.5) is 10.5 Å². The Balaban J connectivity index is 2.15. The molecule has 1 aromatic rings. The molecule has 4 nitrogen and oxygen atoms in total. The SMILES string of the molecule is CC(Cl)C(=O)NC(=O)N1CCCc2ccccc21. The average Bonchev–Trinajstić information content (AvgIpc) is 2.37. The number of carbonyl (C=O) groups is 2. The molecule has 1 aliphatic rings. The minimum atomic E-state index is -0.714.